The first-order valence-corrected chi connectivity index (χ1v) is 5.48. The van der Waals surface area contributed by atoms with E-state index in [9.17, 15) is 0 Å². The van der Waals surface area contributed by atoms with E-state index in [4.69, 9.17) is 5.73 Å². The molecule has 16 heavy (non-hydrogen) atoms. The lowest BCUT2D eigenvalue weighted by molar-refractivity contribution is 0.779. The Bertz CT molecular complexity index is 498. The summed E-state index contributed by atoms with van der Waals surface area (Å²) in [5.41, 5.74) is 9.52. The molecule has 0 bridgehead atoms. The molecule has 2 rings (SSSR count). The maximum Gasteiger partial charge on any atom is 0.129 e. The van der Waals surface area contributed by atoms with E-state index >= 15 is 0 Å². The van der Waals surface area contributed by atoms with E-state index in [0.717, 1.165) is 5.56 Å². The van der Waals surface area contributed by atoms with E-state index < -0.39 is 0 Å². The summed E-state index contributed by atoms with van der Waals surface area (Å²) >= 11 is 0. The van der Waals surface area contributed by atoms with Gasteiger partial charge in [-0.1, -0.05) is 38.1 Å². The van der Waals surface area contributed by atoms with Gasteiger partial charge in [-0.15, -0.1) is 0 Å². The van der Waals surface area contributed by atoms with Gasteiger partial charge in [-0.2, -0.15) is 5.10 Å². The lowest BCUT2D eigenvalue weighted by atomic mass is 9.94. The highest BCUT2D eigenvalue weighted by atomic mass is 15.3. The van der Waals surface area contributed by atoms with Crippen LogP contribution in [0.15, 0.2) is 30.5 Å². The lowest BCUT2D eigenvalue weighted by Gasteiger charge is -2.11. The van der Waals surface area contributed by atoms with E-state index in [1.807, 2.05) is 19.3 Å². The zero-order chi connectivity index (χ0) is 11.7. The van der Waals surface area contributed by atoms with Gasteiger partial charge in [0.2, 0.25) is 0 Å². The van der Waals surface area contributed by atoms with Crippen LogP contribution < -0.4 is 5.73 Å². The molecule has 0 radical (unpaired) electrons. The van der Waals surface area contributed by atoms with E-state index in [2.05, 4.69) is 37.1 Å². The molecule has 3 heteroatoms. The molecule has 1 heterocycles. The molecule has 1 aromatic heterocycles. The van der Waals surface area contributed by atoms with Gasteiger partial charge in [-0.25, -0.2) is 0 Å². The van der Waals surface area contributed by atoms with Crippen molar-refractivity contribution in [3.63, 3.8) is 0 Å². The summed E-state index contributed by atoms with van der Waals surface area (Å²) < 4.78 is 1.70. The van der Waals surface area contributed by atoms with E-state index in [1.165, 1.54) is 11.1 Å². The van der Waals surface area contributed by atoms with Crippen LogP contribution in [0, 0.1) is 0 Å². The second kappa shape index (κ2) is 4.00. The average Bonchev–Trinajstić information content (AvgIpc) is 2.60. The second-order valence-electron chi connectivity index (χ2n) is 4.31. The molecule has 0 spiro atoms. The van der Waals surface area contributed by atoms with Crippen LogP contribution in [0.4, 0.5) is 5.82 Å². The molecule has 1 aromatic carbocycles. The van der Waals surface area contributed by atoms with Crippen molar-refractivity contribution in [2.75, 3.05) is 5.73 Å². The molecule has 2 N–H and O–H groups in total. The SMILES string of the molecule is CC(C)c1ccccc1-c1cnn(C)c1N. The molecule has 0 aliphatic heterocycles. The Morgan fingerprint density at radius 3 is 2.44 bits per heavy atom. The largest absolute Gasteiger partial charge is 0.383 e. The van der Waals surface area contributed by atoms with Gasteiger partial charge in [-0.3, -0.25) is 4.68 Å². The van der Waals surface area contributed by atoms with Crippen LogP contribution in [-0.2, 0) is 7.05 Å². The van der Waals surface area contributed by atoms with Crippen molar-refractivity contribution in [1.82, 2.24) is 9.78 Å². The van der Waals surface area contributed by atoms with Gasteiger partial charge >= 0.3 is 0 Å². The normalized spacial score (nSPS) is 11.0. The second-order valence-corrected chi connectivity index (χ2v) is 4.31. The molecular formula is C13H17N3. The summed E-state index contributed by atoms with van der Waals surface area (Å²) in [6, 6.07) is 8.34. The van der Waals surface area contributed by atoms with Crippen LogP contribution in [0.5, 0.6) is 0 Å². The zero-order valence-corrected chi connectivity index (χ0v) is 9.94. The Morgan fingerprint density at radius 2 is 1.88 bits per heavy atom. The summed E-state index contributed by atoms with van der Waals surface area (Å²) in [5, 5.41) is 4.18. The van der Waals surface area contributed by atoms with Gasteiger partial charge < -0.3 is 5.73 Å². The fraction of sp³-hybridized carbons (Fsp3) is 0.308. The monoisotopic (exact) mass is 215 g/mol. The van der Waals surface area contributed by atoms with Crippen LogP contribution >= 0.6 is 0 Å². The number of nitrogen functional groups attached to an aromatic ring is 1. The molecule has 2 aromatic rings. The summed E-state index contributed by atoms with van der Waals surface area (Å²) in [7, 11) is 1.86. The number of nitrogens with zero attached hydrogens (tertiary/aromatic N) is 2. The van der Waals surface area contributed by atoms with E-state index in [0.29, 0.717) is 11.7 Å². The number of aryl methyl sites for hydroxylation is 1. The summed E-state index contributed by atoms with van der Waals surface area (Å²) in [6.07, 6.45) is 1.83. The quantitative estimate of drug-likeness (QED) is 0.837. The first-order chi connectivity index (χ1) is 7.61. The Kier molecular flexibility index (Phi) is 2.69. The van der Waals surface area contributed by atoms with Gasteiger partial charge in [0.1, 0.15) is 5.82 Å². The standard InChI is InChI=1S/C13H17N3/c1-9(2)10-6-4-5-7-11(10)12-8-15-16(3)13(12)14/h4-9H,14H2,1-3H3. The van der Waals surface area contributed by atoms with E-state index in [1.54, 1.807) is 4.68 Å². The third-order valence-electron chi connectivity index (χ3n) is 2.86. The summed E-state index contributed by atoms with van der Waals surface area (Å²) in [6.45, 7) is 4.37. The maximum atomic E-state index is 6.00. The predicted molar refractivity (Wildman–Crippen MR) is 67.1 cm³/mol. The molecule has 0 fully saturated rings. The number of nitrogens with two attached hydrogens (primary N) is 1. The summed E-state index contributed by atoms with van der Waals surface area (Å²) in [4.78, 5) is 0. The van der Waals surface area contributed by atoms with Crippen molar-refractivity contribution < 1.29 is 0 Å². The number of hydrogen-bond donors (Lipinski definition) is 1. The van der Waals surface area contributed by atoms with Gasteiger partial charge in [-0.05, 0) is 17.0 Å². The van der Waals surface area contributed by atoms with Crippen LogP contribution in [0.3, 0.4) is 0 Å². The molecule has 0 unspecified atom stereocenters. The van der Waals surface area contributed by atoms with Crippen molar-refractivity contribution in [3.05, 3.63) is 36.0 Å². The van der Waals surface area contributed by atoms with Gasteiger partial charge in [0.05, 0.1) is 6.20 Å². The Hall–Kier alpha value is -1.77. The molecule has 0 atom stereocenters. The molecule has 3 nitrogen and oxygen atoms in total. The highest BCUT2D eigenvalue weighted by Crippen LogP contribution is 2.32. The average molecular weight is 215 g/mol. The minimum Gasteiger partial charge on any atom is -0.383 e. The van der Waals surface area contributed by atoms with Crippen LogP contribution in [0.25, 0.3) is 11.1 Å². The van der Waals surface area contributed by atoms with Crippen molar-refractivity contribution >= 4 is 5.82 Å². The highest BCUT2D eigenvalue weighted by Gasteiger charge is 2.12. The minimum absolute atomic E-state index is 0.482. The predicted octanol–water partition coefficient (Wildman–Crippen LogP) is 2.79. The fourth-order valence-corrected chi connectivity index (χ4v) is 1.90. The highest BCUT2D eigenvalue weighted by molar-refractivity contribution is 5.76. The number of hydrogen-bond acceptors (Lipinski definition) is 2. The Labute approximate surface area is 95.9 Å². The topological polar surface area (TPSA) is 43.8 Å². The number of anilines is 1. The molecule has 0 saturated heterocycles. The third kappa shape index (κ3) is 1.69. The number of rotatable bonds is 2. The van der Waals surface area contributed by atoms with Crippen LogP contribution in [-0.4, -0.2) is 9.78 Å². The zero-order valence-electron chi connectivity index (χ0n) is 9.94. The van der Waals surface area contributed by atoms with Gasteiger partial charge in [0.15, 0.2) is 0 Å². The number of aromatic nitrogens is 2. The van der Waals surface area contributed by atoms with Crippen molar-refractivity contribution in [2.45, 2.75) is 19.8 Å². The van der Waals surface area contributed by atoms with Crippen molar-refractivity contribution in [3.8, 4) is 11.1 Å². The smallest absolute Gasteiger partial charge is 0.129 e. The van der Waals surface area contributed by atoms with Gasteiger partial charge in [0.25, 0.3) is 0 Å². The molecule has 0 aliphatic rings. The first kappa shape index (κ1) is 10.7. The third-order valence-corrected chi connectivity index (χ3v) is 2.86. The van der Waals surface area contributed by atoms with Crippen LogP contribution in [0.1, 0.15) is 25.3 Å². The fourth-order valence-electron chi connectivity index (χ4n) is 1.90. The molecular weight excluding hydrogens is 198 g/mol. The molecule has 84 valence electrons. The molecule has 0 saturated carbocycles. The summed E-state index contributed by atoms with van der Waals surface area (Å²) in [5.74, 6) is 1.20. The Morgan fingerprint density at radius 1 is 1.19 bits per heavy atom. The van der Waals surface area contributed by atoms with Crippen molar-refractivity contribution in [2.24, 2.45) is 7.05 Å². The number of benzene rings is 1. The molecule has 0 aliphatic carbocycles. The molecule has 0 amide bonds. The lowest BCUT2D eigenvalue weighted by Crippen LogP contribution is -1.99. The minimum atomic E-state index is 0.482. The maximum absolute atomic E-state index is 6.00. The first-order valence-electron chi connectivity index (χ1n) is 5.48. The van der Waals surface area contributed by atoms with Crippen LogP contribution in [0.2, 0.25) is 0 Å². The van der Waals surface area contributed by atoms with Gasteiger partial charge in [0, 0.05) is 12.6 Å². The van der Waals surface area contributed by atoms with E-state index in [-0.39, 0.29) is 0 Å². The Balaban J connectivity index is 2.60. The van der Waals surface area contributed by atoms with Crippen molar-refractivity contribution in [1.29, 1.82) is 0 Å².